The zero-order chi connectivity index (χ0) is 27.1. The SMILES string of the molecule is COc1cc([C@H]2/C(=C(\O)c3ccc(Cl)cc3)C(=O)C(=O)N2c2nc3ccc(F)cc3s2)cc(OC)c1OC. The largest absolute Gasteiger partial charge is 0.507 e. The monoisotopic (exact) mass is 554 g/mol. The fourth-order valence-corrected chi connectivity index (χ4v) is 5.50. The Morgan fingerprint density at radius 2 is 1.66 bits per heavy atom. The quantitative estimate of drug-likeness (QED) is 0.184. The topological polar surface area (TPSA) is 98.2 Å². The number of benzene rings is 3. The van der Waals surface area contributed by atoms with Gasteiger partial charge >= 0.3 is 5.91 Å². The van der Waals surface area contributed by atoms with Crippen LogP contribution in [-0.4, -0.2) is 43.1 Å². The molecule has 1 aliphatic heterocycles. The summed E-state index contributed by atoms with van der Waals surface area (Å²) in [6.07, 6.45) is 0. The second kappa shape index (κ2) is 9.96. The number of halogens is 2. The van der Waals surface area contributed by atoms with E-state index >= 15 is 0 Å². The minimum Gasteiger partial charge on any atom is -0.507 e. The number of aromatic nitrogens is 1. The number of rotatable bonds is 6. The van der Waals surface area contributed by atoms with E-state index in [2.05, 4.69) is 4.98 Å². The van der Waals surface area contributed by atoms with Crippen LogP contribution in [0.15, 0.2) is 60.2 Å². The Morgan fingerprint density at radius 1 is 1.00 bits per heavy atom. The van der Waals surface area contributed by atoms with Crippen LogP contribution in [0.1, 0.15) is 17.2 Å². The molecule has 1 fully saturated rings. The summed E-state index contributed by atoms with van der Waals surface area (Å²) in [5.74, 6) is -1.80. The van der Waals surface area contributed by atoms with E-state index in [1.54, 1.807) is 24.3 Å². The predicted molar refractivity (Wildman–Crippen MR) is 142 cm³/mol. The molecule has 2 heterocycles. The Balaban J connectivity index is 1.78. The molecule has 1 amide bonds. The van der Waals surface area contributed by atoms with Crippen LogP contribution in [0, 0.1) is 5.82 Å². The summed E-state index contributed by atoms with van der Waals surface area (Å²) in [7, 11) is 4.33. The number of aliphatic hydroxyl groups is 1. The highest BCUT2D eigenvalue weighted by Crippen LogP contribution is 2.48. The zero-order valence-corrected chi connectivity index (χ0v) is 21.9. The number of amides is 1. The summed E-state index contributed by atoms with van der Waals surface area (Å²) in [4.78, 5) is 32.6. The average molecular weight is 555 g/mol. The molecule has 1 atom stereocenters. The number of thiazole rings is 1. The molecule has 5 rings (SSSR count). The Bertz CT molecular complexity index is 1590. The van der Waals surface area contributed by atoms with Crippen molar-refractivity contribution in [1.82, 2.24) is 4.98 Å². The molecular formula is C27H20ClFN2O6S. The molecule has 0 bridgehead atoms. The van der Waals surface area contributed by atoms with Gasteiger partial charge in [-0.1, -0.05) is 22.9 Å². The van der Waals surface area contributed by atoms with Crippen LogP contribution in [0.4, 0.5) is 9.52 Å². The van der Waals surface area contributed by atoms with Crippen LogP contribution in [-0.2, 0) is 9.59 Å². The van der Waals surface area contributed by atoms with E-state index in [1.807, 2.05) is 0 Å². The highest BCUT2D eigenvalue weighted by molar-refractivity contribution is 7.22. The molecule has 0 unspecified atom stereocenters. The van der Waals surface area contributed by atoms with E-state index in [0.29, 0.717) is 26.6 Å². The molecule has 1 aliphatic rings. The Morgan fingerprint density at radius 3 is 2.26 bits per heavy atom. The third-order valence-corrected chi connectivity index (χ3v) is 7.38. The molecule has 3 aromatic carbocycles. The first-order valence-electron chi connectivity index (χ1n) is 11.2. The first kappa shape index (κ1) is 25.5. The van der Waals surface area contributed by atoms with E-state index in [4.69, 9.17) is 25.8 Å². The highest BCUT2D eigenvalue weighted by Gasteiger charge is 2.48. The van der Waals surface area contributed by atoms with Crippen molar-refractivity contribution in [2.75, 3.05) is 26.2 Å². The number of aliphatic hydroxyl groups excluding tert-OH is 1. The van der Waals surface area contributed by atoms with Gasteiger partial charge in [0.05, 0.1) is 43.2 Å². The second-order valence-electron chi connectivity index (χ2n) is 8.24. The van der Waals surface area contributed by atoms with Gasteiger partial charge in [-0.15, -0.1) is 0 Å². The summed E-state index contributed by atoms with van der Waals surface area (Å²) in [6.45, 7) is 0. The number of ether oxygens (including phenoxy) is 3. The van der Waals surface area contributed by atoms with Crippen LogP contribution in [0.25, 0.3) is 16.0 Å². The Labute approximate surface area is 225 Å². The van der Waals surface area contributed by atoms with Crippen molar-refractivity contribution in [1.29, 1.82) is 0 Å². The van der Waals surface area contributed by atoms with Crippen molar-refractivity contribution in [3.63, 3.8) is 0 Å². The van der Waals surface area contributed by atoms with Gasteiger partial charge in [0.25, 0.3) is 5.78 Å². The maximum absolute atomic E-state index is 13.9. The normalized spacial score (nSPS) is 16.8. The van der Waals surface area contributed by atoms with Crippen LogP contribution < -0.4 is 19.1 Å². The van der Waals surface area contributed by atoms with Gasteiger partial charge in [0, 0.05) is 10.6 Å². The Hall–Kier alpha value is -4.15. The zero-order valence-electron chi connectivity index (χ0n) is 20.3. The lowest BCUT2D eigenvalue weighted by molar-refractivity contribution is -0.132. The van der Waals surface area contributed by atoms with Crippen LogP contribution in [0.5, 0.6) is 17.2 Å². The standard InChI is InChI=1S/C27H20ClFN2O6S/c1-35-18-10-14(11-19(36-2)25(18)37-3)22-21(23(32)13-4-6-15(28)7-5-13)24(33)26(34)31(22)27-30-17-9-8-16(29)12-20(17)38-27/h4-12,22,32H,1-3H3/b23-21+/t22-/m0/s1. The van der Waals surface area contributed by atoms with E-state index < -0.39 is 29.3 Å². The minimum absolute atomic E-state index is 0.154. The second-order valence-corrected chi connectivity index (χ2v) is 9.69. The number of Topliss-reactive ketones (excluding diaryl/α,β-unsaturated/α-hetero) is 1. The van der Waals surface area contributed by atoms with Gasteiger partial charge in [-0.2, -0.15) is 0 Å². The summed E-state index contributed by atoms with van der Waals surface area (Å²) >= 11 is 7.05. The smallest absolute Gasteiger partial charge is 0.301 e. The molecule has 194 valence electrons. The van der Waals surface area contributed by atoms with Gasteiger partial charge < -0.3 is 19.3 Å². The maximum Gasteiger partial charge on any atom is 0.301 e. The molecule has 0 spiro atoms. The van der Waals surface area contributed by atoms with E-state index in [1.165, 1.54) is 56.6 Å². The third-order valence-electron chi connectivity index (χ3n) is 6.11. The molecule has 38 heavy (non-hydrogen) atoms. The molecule has 1 N–H and O–H groups in total. The number of methoxy groups -OCH3 is 3. The van der Waals surface area contributed by atoms with Crippen molar-refractivity contribution < 1.29 is 33.3 Å². The minimum atomic E-state index is -1.12. The molecule has 1 aromatic heterocycles. The number of nitrogens with zero attached hydrogens (tertiary/aromatic N) is 2. The first-order valence-corrected chi connectivity index (χ1v) is 12.4. The number of fused-ring (bicyclic) bond motifs is 1. The van der Waals surface area contributed by atoms with Crippen LogP contribution in [0.2, 0.25) is 5.02 Å². The van der Waals surface area contributed by atoms with Gasteiger partial charge in [0.1, 0.15) is 11.6 Å². The molecule has 0 radical (unpaired) electrons. The van der Waals surface area contributed by atoms with Gasteiger partial charge in [0.15, 0.2) is 16.6 Å². The molecule has 11 heteroatoms. The van der Waals surface area contributed by atoms with E-state index in [9.17, 15) is 19.1 Å². The van der Waals surface area contributed by atoms with Crippen molar-refractivity contribution in [2.24, 2.45) is 0 Å². The van der Waals surface area contributed by atoms with Gasteiger partial charge in [-0.3, -0.25) is 14.5 Å². The molecule has 1 saturated heterocycles. The Kier molecular flexibility index (Phi) is 6.68. The molecule has 4 aromatic rings. The third kappa shape index (κ3) is 4.21. The lowest BCUT2D eigenvalue weighted by Gasteiger charge is -2.24. The average Bonchev–Trinajstić information content (AvgIpc) is 3.45. The first-order chi connectivity index (χ1) is 18.3. The van der Waals surface area contributed by atoms with E-state index in [-0.39, 0.29) is 27.8 Å². The van der Waals surface area contributed by atoms with Crippen LogP contribution >= 0.6 is 22.9 Å². The predicted octanol–water partition coefficient (Wildman–Crippen LogP) is 5.74. The number of anilines is 1. The van der Waals surface area contributed by atoms with Crippen molar-refractivity contribution in [3.8, 4) is 17.2 Å². The fraction of sp³-hybridized carbons (Fsp3) is 0.148. The number of hydrogen-bond acceptors (Lipinski definition) is 8. The summed E-state index contributed by atoms with van der Waals surface area (Å²) < 4.78 is 30.8. The van der Waals surface area contributed by atoms with Crippen LogP contribution in [0.3, 0.4) is 0 Å². The molecule has 0 saturated carbocycles. The number of carbonyl (C=O) groups excluding carboxylic acids is 2. The van der Waals surface area contributed by atoms with E-state index in [0.717, 1.165) is 11.3 Å². The lowest BCUT2D eigenvalue weighted by Crippen LogP contribution is -2.29. The number of hydrogen-bond donors (Lipinski definition) is 1. The van der Waals surface area contributed by atoms with Crippen molar-refractivity contribution in [2.45, 2.75) is 6.04 Å². The number of carbonyl (C=O) groups is 2. The van der Waals surface area contributed by atoms with Crippen molar-refractivity contribution in [3.05, 3.63) is 82.1 Å². The summed E-state index contributed by atoms with van der Waals surface area (Å²) in [5.41, 5.74) is 0.961. The molecular weight excluding hydrogens is 535 g/mol. The molecule has 8 nitrogen and oxygen atoms in total. The molecule has 0 aliphatic carbocycles. The fourth-order valence-electron chi connectivity index (χ4n) is 4.36. The summed E-state index contributed by atoms with van der Waals surface area (Å²) in [6, 6.07) is 12.3. The number of ketones is 1. The van der Waals surface area contributed by atoms with Gasteiger partial charge in [-0.05, 0) is 60.2 Å². The highest BCUT2D eigenvalue weighted by atomic mass is 35.5. The van der Waals surface area contributed by atoms with Gasteiger partial charge in [-0.25, -0.2) is 9.37 Å². The lowest BCUT2D eigenvalue weighted by atomic mass is 9.95. The maximum atomic E-state index is 13.9. The van der Waals surface area contributed by atoms with Gasteiger partial charge in [0.2, 0.25) is 5.75 Å². The summed E-state index contributed by atoms with van der Waals surface area (Å²) in [5, 5.41) is 11.9. The van der Waals surface area contributed by atoms with Crippen molar-refractivity contribution >= 4 is 55.7 Å².